The topological polar surface area (TPSA) is 40.6 Å². The van der Waals surface area contributed by atoms with Crippen molar-refractivity contribution in [2.45, 2.75) is 4.71 Å². The number of halogens is 3. The summed E-state index contributed by atoms with van der Waals surface area (Å²) in [5.74, 6) is 0. The first-order valence-corrected chi connectivity index (χ1v) is 6.67. The largest absolute Gasteiger partial charge is 0.330 e. The monoisotopic (exact) mass is 300 g/mol. The zero-order chi connectivity index (χ0) is 13.3. The molecule has 0 bridgehead atoms. The van der Waals surface area contributed by atoms with Crippen molar-refractivity contribution in [3.63, 3.8) is 0 Å². The molecule has 0 unspecified atom stereocenters. The average Bonchev–Trinajstić information content (AvgIpc) is 2.27. The Morgan fingerprint density at radius 1 is 1.18 bits per heavy atom. The van der Waals surface area contributed by atoms with Crippen molar-refractivity contribution in [3.05, 3.63) is 30.3 Å². The molecule has 96 valence electrons. The summed E-state index contributed by atoms with van der Waals surface area (Å²) in [6.45, 7) is 0. The third-order valence-electron chi connectivity index (χ3n) is 2.17. The van der Waals surface area contributed by atoms with Crippen LogP contribution in [0.25, 0.3) is 0 Å². The SMILES string of the molecule is CN(c1ccccc1)S(=O)(=O)N(C)C(F)(Cl)Cl. The molecule has 0 amide bonds. The second-order valence-corrected chi connectivity index (χ2v) is 6.43. The molecule has 0 fully saturated rings. The highest BCUT2D eigenvalue weighted by Crippen LogP contribution is 2.30. The number of anilines is 1. The van der Waals surface area contributed by atoms with Crippen LogP contribution in [0.15, 0.2) is 30.3 Å². The van der Waals surface area contributed by atoms with Crippen LogP contribution >= 0.6 is 23.2 Å². The van der Waals surface area contributed by atoms with Crippen LogP contribution in [0, 0.1) is 0 Å². The number of hydrogen-bond acceptors (Lipinski definition) is 2. The van der Waals surface area contributed by atoms with Crippen molar-refractivity contribution in [1.82, 2.24) is 4.31 Å². The van der Waals surface area contributed by atoms with Crippen LogP contribution in [0.3, 0.4) is 0 Å². The van der Waals surface area contributed by atoms with E-state index in [0.717, 1.165) is 11.4 Å². The van der Waals surface area contributed by atoms with Gasteiger partial charge in [-0.2, -0.15) is 12.8 Å². The molecule has 1 aromatic carbocycles. The molecule has 1 aromatic rings. The van der Waals surface area contributed by atoms with E-state index in [9.17, 15) is 12.8 Å². The lowest BCUT2D eigenvalue weighted by Gasteiger charge is -2.28. The quantitative estimate of drug-likeness (QED) is 0.633. The predicted octanol–water partition coefficient (Wildman–Crippen LogP) is 2.36. The van der Waals surface area contributed by atoms with E-state index in [-0.39, 0.29) is 4.31 Å². The molecule has 0 aliphatic rings. The summed E-state index contributed by atoms with van der Waals surface area (Å²) in [6, 6.07) is 8.18. The summed E-state index contributed by atoms with van der Waals surface area (Å²) < 4.78 is 35.2. The Bertz CT molecular complexity index is 476. The van der Waals surface area contributed by atoms with Crippen molar-refractivity contribution >= 4 is 39.1 Å². The van der Waals surface area contributed by atoms with E-state index in [1.54, 1.807) is 30.3 Å². The van der Waals surface area contributed by atoms with E-state index in [4.69, 9.17) is 23.2 Å². The molecule has 0 spiro atoms. The minimum absolute atomic E-state index is 0.232. The van der Waals surface area contributed by atoms with E-state index < -0.39 is 14.9 Å². The van der Waals surface area contributed by atoms with Crippen LogP contribution in [-0.2, 0) is 10.2 Å². The first kappa shape index (κ1) is 14.5. The minimum Gasteiger partial charge on any atom is -0.261 e. The molecular weight excluding hydrogens is 290 g/mol. The molecular formula is C9H11Cl2FN2O2S. The molecule has 0 heterocycles. The molecule has 0 aliphatic carbocycles. The van der Waals surface area contributed by atoms with Crippen molar-refractivity contribution in [2.24, 2.45) is 0 Å². The number of nitrogens with zero attached hydrogens (tertiary/aromatic N) is 2. The number of rotatable bonds is 4. The summed E-state index contributed by atoms with van der Waals surface area (Å²) in [5.41, 5.74) is 0.372. The van der Waals surface area contributed by atoms with E-state index in [2.05, 4.69) is 0 Å². The number of benzene rings is 1. The normalized spacial score (nSPS) is 12.8. The molecule has 17 heavy (non-hydrogen) atoms. The van der Waals surface area contributed by atoms with Crippen molar-refractivity contribution in [3.8, 4) is 0 Å². The zero-order valence-corrected chi connectivity index (χ0v) is 11.5. The van der Waals surface area contributed by atoms with E-state index in [1.807, 2.05) is 0 Å². The van der Waals surface area contributed by atoms with Gasteiger partial charge in [-0.3, -0.25) is 4.31 Å². The van der Waals surface area contributed by atoms with Crippen molar-refractivity contribution in [2.75, 3.05) is 18.4 Å². The van der Waals surface area contributed by atoms with E-state index in [0.29, 0.717) is 5.69 Å². The van der Waals surface area contributed by atoms with Gasteiger partial charge < -0.3 is 0 Å². The van der Waals surface area contributed by atoms with Gasteiger partial charge in [0, 0.05) is 14.1 Å². The maximum absolute atomic E-state index is 13.2. The van der Waals surface area contributed by atoms with E-state index >= 15 is 0 Å². The Labute approximate surface area is 110 Å². The van der Waals surface area contributed by atoms with Crippen LogP contribution in [-0.4, -0.2) is 31.5 Å². The van der Waals surface area contributed by atoms with Gasteiger partial charge in [0.2, 0.25) is 0 Å². The molecule has 0 aromatic heterocycles. The third kappa shape index (κ3) is 3.22. The fourth-order valence-corrected chi connectivity index (χ4v) is 2.63. The Hall–Kier alpha value is -0.560. The van der Waals surface area contributed by atoms with Crippen LogP contribution in [0.2, 0.25) is 0 Å². The first-order valence-electron chi connectivity index (χ1n) is 4.52. The van der Waals surface area contributed by atoms with Crippen molar-refractivity contribution in [1.29, 1.82) is 0 Å². The molecule has 1 rings (SSSR count). The highest BCUT2D eigenvalue weighted by Gasteiger charge is 2.40. The highest BCUT2D eigenvalue weighted by atomic mass is 35.5. The molecule has 0 aliphatic heterocycles. The highest BCUT2D eigenvalue weighted by molar-refractivity contribution is 7.90. The molecule has 0 N–H and O–H groups in total. The first-order chi connectivity index (χ1) is 7.67. The number of alkyl halides is 3. The smallest absolute Gasteiger partial charge is 0.261 e. The second-order valence-electron chi connectivity index (χ2n) is 3.25. The lowest BCUT2D eigenvalue weighted by molar-refractivity contribution is 0.234. The minimum atomic E-state index is -4.12. The Kier molecular flexibility index (Phi) is 4.24. The van der Waals surface area contributed by atoms with Gasteiger partial charge in [0.15, 0.2) is 0 Å². The summed E-state index contributed by atoms with van der Waals surface area (Å²) in [4.78, 5) is 0. The molecule has 0 saturated carbocycles. The summed E-state index contributed by atoms with van der Waals surface area (Å²) in [6.07, 6.45) is 0. The Morgan fingerprint density at radius 2 is 1.65 bits per heavy atom. The maximum atomic E-state index is 13.2. The predicted molar refractivity (Wildman–Crippen MR) is 67.1 cm³/mol. The lowest BCUT2D eigenvalue weighted by Crippen LogP contribution is -2.45. The van der Waals surface area contributed by atoms with Gasteiger partial charge in [-0.15, -0.1) is 4.31 Å². The van der Waals surface area contributed by atoms with Gasteiger partial charge in [-0.05, 0) is 35.3 Å². The van der Waals surface area contributed by atoms with E-state index in [1.165, 1.54) is 7.05 Å². The molecule has 0 radical (unpaired) electrons. The Morgan fingerprint density at radius 3 is 2.06 bits per heavy atom. The Balaban J connectivity index is 3.08. The van der Waals surface area contributed by atoms with Crippen LogP contribution in [0.4, 0.5) is 10.1 Å². The van der Waals surface area contributed by atoms with Crippen LogP contribution < -0.4 is 4.31 Å². The van der Waals surface area contributed by atoms with Gasteiger partial charge in [0.05, 0.1) is 5.69 Å². The molecule has 0 saturated heterocycles. The number of para-hydroxylation sites is 1. The third-order valence-corrected chi connectivity index (χ3v) is 4.72. The van der Waals surface area contributed by atoms with Gasteiger partial charge >= 0.3 is 14.9 Å². The van der Waals surface area contributed by atoms with Gasteiger partial charge in [-0.1, -0.05) is 18.2 Å². The molecule has 4 nitrogen and oxygen atoms in total. The maximum Gasteiger partial charge on any atom is 0.330 e. The van der Waals surface area contributed by atoms with Crippen molar-refractivity contribution < 1.29 is 12.8 Å². The fraction of sp³-hybridized carbons (Fsp3) is 0.333. The summed E-state index contributed by atoms with van der Waals surface area (Å²) in [5, 5.41) is 0. The van der Waals surface area contributed by atoms with Gasteiger partial charge in [0.1, 0.15) is 0 Å². The van der Waals surface area contributed by atoms with Crippen LogP contribution in [0.1, 0.15) is 0 Å². The lowest BCUT2D eigenvalue weighted by atomic mass is 10.3. The fourth-order valence-electron chi connectivity index (χ4n) is 1.09. The average molecular weight is 301 g/mol. The standard InChI is InChI=1S/C9H11Cl2FN2O2S/c1-13(8-6-4-3-5-7-8)17(15,16)14(2)9(10,11)12/h3-7H,1-2H3. The zero-order valence-electron chi connectivity index (χ0n) is 9.14. The summed E-state index contributed by atoms with van der Waals surface area (Å²) in [7, 11) is -1.89. The molecule has 8 heteroatoms. The van der Waals surface area contributed by atoms with Crippen LogP contribution in [0.5, 0.6) is 0 Å². The second kappa shape index (κ2) is 4.97. The number of hydrogen-bond donors (Lipinski definition) is 0. The summed E-state index contributed by atoms with van der Waals surface area (Å²) >= 11 is 10.2. The van der Waals surface area contributed by atoms with Gasteiger partial charge in [0.25, 0.3) is 0 Å². The van der Waals surface area contributed by atoms with Gasteiger partial charge in [-0.25, -0.2) is 0 Å². The molecule has 0 atom stereocenters.